The number of nitrogens with zero attached hydrogens (tertiary/aromatic N) is 2. The predicted molar refractivity (Wildman–Crippen MR) is 214 cm³/mol. The van der Waals surface area contributed by atoms with E-state index in [9.17, 15) is 0 Å². The largest absolute Gasteiger partial charge is 0.228 e. The lowest BCUT2D eigenvalue weighted by atomic mass is 9.70. The van der Waals surface area contributed by atoms with Gasteiger partial charge in [-0.15, -0.1) is 0 Å². The Morgan fingerprint density at radius 2 is 0.923 bits per heavy atom. The van der Waals surface area contributed by atoms with Gasteiger partial charge in [0.05, 0.1) is 16.8 Å². The zero-order valence-corrected chi connectivity index (χ0v) is 29.1. The first-order valence-corrected chi connectivity index (χ1v) is 18.3. The van der Waals surface area contributed by atoms with E-state index >= 15 is 0 Å². The topological polar surface area (TPSA) is 25.8 Å². The van der Waals surface area contributed by atoms with E-state index in [1.54, 1.807) is 0 Å². The molecule has 2 aliphatic carbocycles. The van der Waals surface area contributed by atoms with Crippen molar-refractivity contribution < 1.29 is 0 Å². The Balaban J connectivity index is 1.24. The van der Waals surface area contributed by atoms with Crippen molar-refractivity contribution in [1.29, 1.82) is 0 Å². The molecule has 2 aliphatic rings. The number of aromatic nitrogens is 2. The number of aryl methyl sites for hydroxylation is 1. The molecule has 0 atom stereocenters. The minimum absolute atomic E-state index is 0.410. The maximum atomic E-state index is 5.38. The van der Waals surface area contributed by atoms with Crippen molar-refractivity contribution >= 4 is 0 Å². The van der Waals surface area contributed by atoms with Crippen LogP contribution in [0, 0.1) is 0 Å². The van der Waals surface area contributed by atoms with Crippen LogP contribution in [-0.4, -0.2) is 9.97 Å². The summed E-state index contributed by atoms with van der Waals surface area (Å²) in [7, 11) is 0. The van der Waals surface area contributed by atoms with Crippen LogP contribution in [0.5, 0.6) is 0 Å². The van der Waals surface area contributed by atoms with Gasteiger partial charge in [-0.3, -0.25) is 0 Å². The Bertz CT molecular complexity index is 2590. The molecule has 1 spiro atoms. The minimum atomic E-state index is -0.410. The molecule has 0 radical (unpaired) electrons. The number of benzene rings is 7. The van der Waals surface area contributed by atoms with E-state index in [1.165, 1.54) is 61.2 Å². The van der Waals surface area contributed by atoms with Gasteiger partial charge in [-0.25, -0.2) is 9.97 Å². The van der Waals surface area contributed by atoms with Crippen LogP contribution in [0.25, 0.3) is 67.3 Å². The van der Waals surface area contributed by atoms with Gasteiger partial charge in [0.25, 0.3) is 0 Å². The number of fused-ring (bicyclic) bond motifs is 10. The minimum Gasteiger partial charge on any atom is -0.228 e. The monoisotopic (exact) mass is 664 g/mol. The molecule has 52 heavy (non-hydrogen) atoms. The molecule has 1 heterocycles. The van der Waals surface area contributed by atoms with E-state index in [0.29, 0.717) is 0 Å². The highest BCUT2D eigenvalue weighted by molar-refractivity contribution is 5.99. The second-order valence-electron chi connectivity index (χ2n) is 14.0. The van der Waals surface area contributed by atoms with Gasteiger partial charge >= 0.3 is 0 Å². The first-order valence-electron chi connectivity index (χ1n) is 18.3. The molecule has 0 amide bonds. The first-order chi connectivity index (χ1) is 25.7. The van der Waals surface area contributed by atoms with E-state index in [2.05, 4.69) is 177 Å². The standard InChI is InChI=1S/C50H36N2/c1-2-16-33-29-36(34-17-5-3-6-18-34)31-37(30-33)46-32-47(52-49(51-46)35-19-7-4-8-20-35)41-24-15-28-45-48(41)40-23-11-14-27-44(40)50(45)42-25-12-9-21-38(42)39-22-10-13-26-43(39)50/h3-15,17-32H,2,16H2,1H3. The van der Waals surface area contributed by atoms with Gasteiger partial charge in [0, 0.05) is 16.7 Å². The zero-order chi connectivity index (χ0) is 34.6. The maximum Gasteiger partial charge on any atom is 0.160 e. The fraction of sp³-hybridized carbons (Fsp3) is 0.0800. The molecule has 0 aliphatic heterocycles. The summed E-state index contributed by atoms with van der Waals surface area (Å²) in [5, 5.41) is 0. The Morgan fingerprint density at radius 3 is 1.60 bits per heavy atom. The summed E-state index contributed by atoms with van der Waals surface area (Å²) in [5.74, 6) is 0.727. The second kappa shape index (κ2) is 12.1. The third-order valence-corrected chi connectivity index (χ3v) is 11.0. The molecule has 1 aromatic heterocycles. The van der Waals surface area contributed by atoms with Crippen LogP contribution in [0.2, 0.25) is 0 Å². The van der Waals surface area contributed by atoms with Crippen LogP contribution in [0.3, 0.4) is 0 Å². The number of hydrogen-bond donors (Lipinski definition) is 0. The summed E-state index contributed by atoms with van der Waals surface area (Å²) in [6.45, 7) is 2.24. The molecule has 2 nitrogen and oxygen atoms in total. The Kier molecular flexibility index (Phi) is 7.11. The first kappa shape index (κ1) is 30.4. The molecular formula is C50H36N2. The normalized spacial score (nSPS) is 13.0. The van der Waals surface area contributed by atoms with E-state index in [-0.39, 0.29) is 0 Å². The third-order valence-electron chi connectivity index (χ3n) is 11.0. The summed E-state index contributed by atoms with van der Waals surface area (Å²) >= 11 is 0. The lowest BCUT2D eigenvalue weighted by molar-refractivity contribution is 0.794. The Labute approximate surface area is 305 Å². The molecule has 10 rings (SSSR count). The van der Waals surface area contributed by atoms with E-state index in [4.69, 9.17) is 9.97 Å². The van der Waals surface area contributed by atoms with E-state index in [1.807, 2.05) is 6.07 Å². The van der Waals surface area contributed by atoms with Gasteiger partial charge in [-0.2, -0.15) is 0 Å². The predicted octanol–water partition coefficient (Wildman–Crippen LogP) is 12.4. The highest BCUT2D eigenvalue weighted by Gasteiger charge is 2.52. The van der Waals surface area contributed by atoms with Crippen LogP contribution < -0.4 is 0 Å². The van der Waals surface area contributed by atoms with Gasteiger partial charge in [0.15, 0.2) is 5.82 Å². The van der Waals surface area contributed by atoms with Crippen LogP contribution in [0.4, 0.5) is 0 Å². The van der Waals surface area contributed by atoms with E-state index in [0.717, 1.165) is 46.7 Å². The van der Waals surface area contributed by atoms with Crippen molar-refractivity contribution in [3.8, 4) is 67.3 Å². The molecule has 0 bridgehead atoms. The molecule has 0 saturated carbocycles. The van der Waals surface area contributed by atoms with Gasteiger partial charge in [0.2, 0.25) is 0 Å². The lowest BCUT2D eigenvalue weighted by Crippen LogP contribution is -2.25. The lowest BCUT2D eigenvalue weighted by Gasteiger charge is -2.30. The summed E-state index contributed by atoms with van der Waals surface area (Å²) in [6.07, 6.45) is 2.08. The fourth-order valence-corrected chi connectivity index (χ4v) is 8.88. The maximum absolute atomic E-state index is 5.38. The van der Waals surface area contributed by atoms with Crippen molar-refractivity contribution in [1.82, 2.24) is 9.97 Å². The van der Waals surface area contributed by atoms with Gasteiger partial charge in [-0.05, 0) is 85.8 Å². The number of hydrogen-bond acceptors (Lipinski definition) is 2. The van der Waals surface area contributed by atoms with Crippen molar-refractivity contribution in [2.45, 2.75) is 25.2 Å². The van der Waals surface area contributed by atoms with Crippen LogP contribution >= 0.6 is 0 Å². The van der Waals surface area contributed by atoms with Crippen molar-refractivity contribution in [3.63, 3.8) is 0 Å². The Hall–Kier alpha value is -6.38. The van der Waals surface area contributed by atoms with Gasteiger partial charge < -0.3 is 0 Å². The summed E-state index contributed by atoms with van der Waals surface area (Å²) < 4.78 is 0. The van der Waals surface area contributed by atoms with Gasteiger partial charge in [-0.1, -0.05) is 171 Å². The average Bonchev–Trinajstić information content (AvgIpc) is 3.69. The number of rotatable bonds is 6. The highest BCUT2D eigenvalue weighted by atomic mass is 14.9. The summed E-state index contributed by atoms with van der Waals surface area (Å²) in [6, 6.07) is 64.0. The summed E-state index contributed by atoms with van der Waals surface area (Å²) in [4.78, 5) is 10.7. The van der Waals surface area contributed by atoms with Crippen molar-refractivity contribution in [2.75, 3.05) is 0 Å². The highest BCUT2D eigenvalue weighted by Crippen LogP contribution is 2.63. The molecule has 0 unspecified atom stereocenters. The molecule has 0 saturated heterocycles. The molecule has 0 fully saturated rings. The van der Waals surface area contributed by atoms with Crippen LogP contribution in [0.15, 0.2) is 176 Å². The fourth-order valence-electron chi connectivity index (χ4n) is 8.88. The summed E-state index contributed by atoms with van der Waals surface area (Å²) in [5.41, 5.74) is 18.8. The zero-order valence-electron chi connectivity index (χ0n) is 29.1. The third kappa shape index (κ3) is 4.57. The quantitative estimate of drug-likeness (QED) is 0.177. The van der Waals surface area contributed by atoms with Crippen LogP contribution in [-0.2, 0) is 11.8 Å². The molecule has 7 aromatic carbocycles. The molecule has 0 N–H and O–H groups in total. The smallest absolute Gasteiger partial charge is 0.160 e. The SMILES string of the molecule is CCCc1cc(-c2ccccc2)cc(-c2cc(-c3cccc4c3-c3ccccc3C43c4ccccc4-c4ccccc43)nc(-c3ccccc3)n2)c1. The van der Waals surface area contributed by atoms with Crippen molar-refractivity contribution in [2.24, 2.45) is 0 Å². The molecule has 2 heteroatoms. The van der Waals surface area contributed by atoms with Crippen molar-refractivity contribution in [3.05, 3.63) is 204 Å². The van der Waals surface area contributed by atoms with Crippen LogP contribution in [0.1, 0.15) is 41.2 Å². The Morgan fingerprint density at radius 1 is 0.404 bits per heavy atom. The second-order valence-corrected chi connectivity index (χ2v) is 14.0. The van der Waals surface area contributed by atoms with E-state index < -0.39 is 5.41 Å². The van der Waals surface area contributed by atoms with Gasteiger partial charge in [0.1, 0.15) is 0 Å². The molecule has 246 valence electrons. The average molecular weight is 665 g/mol. The molecule has 8 aromatic rings. The molecular weight excluding hydrogens is 629 g/mol.